The van der Waals surface area contributed by atoms with Gasteiger partial charge in [0, 0.05) is 31.6 Å². The molecule has 1 aromatic carbocycles. The maximum absolute atomic E-state index is 11.2. The molecule has 0 heterocycles. The predicted octanol–water partition coefficient (Wildman–Crippen LogP) is 3.19. The molecular formula is C13H19ClN2O3. The lowest BCUT2D eigenvalue weighted by atomic mass is 10.1. The molecule has 0 bridgehead atoms. The van der Waals surface area contributed by atoms with Gasteiger partial charge in [0.05, 0.1) is 11.5 Å². The van der Waals surface area contributed by atoms with Crippen LogP contribution in [0.15, 0.2) is 18.2 Å². The highest BCUT2D eigenvalue weighted by Gasteiger charge is 2.22. The van der Waals surface area contributed by atoms with Gasteiger partial charge in [0.2, 0.25) is 0 Å². The molecule has 0 N–H and O–H groups in total. The summed E-state index contributed by atoms with van der Waals surface area (Å²) in [4.78, 5) is 12.8. The van der Waals surface area contributed by atoms with Gasteiger partial charge in [0.15, 0.2) is 0 Å². The number of likely N-dealkylation sites (N-methyl/N-ethyl adjacent to an activating group) is 1. The Hall–Kier alpha value is -1.33. The first-order chi connectivity index (χ1) is 9.04. The zero-order chi connectivity index (χ0) is 14.4. The van der Waals surface area contributed by atoms with Crippen LogP contribution in [0.25, 0.3) is 0 Å². The number of nitro groups is 1. The molecule has 1 atom stereocenters. The van der Waals surface area contributed by atoms with Crippen molar-refractivity contribution in [1.82, 2.24) is 0 Å². The average molecular weight is 287 g/mol. The normalized spacial score (nSPS) is 12.2. The molecule has 0 radical (unpaired) electrons. The summed E-state index contributed by atoms with van der Waals surface area (Å²) in [5, 5.41) is 11.2. The number of alkyl halides is 1. The lowest BCUT2D eigenvalue weighted by Gasteiger charge is -2.29. The first-order valence-corrected chi connectivity index (χ1v) is 6.67. The van der Waals surface area contributed by atoms with Crippen molar-refractivity contribution in [3.63, 3.8) is 0 Å². The summed E-state index contributed by atoms with van der Waals surface area (Å²) < 4.78 is 5.12. The molecule has 0 aromatic heterocycles. The van der Waals surface area contributed by atoms with Crippen LogP contribution in [-0.4, -0.2) is 31.2 Å². The first kappa shape index (κ1) is 15.7. The van der Waals surface area contributed by atoms with Gasteiger partial charge >= 0.3 is 0 Å². The van der Waals surface area contributed by atoms with E-state index in [-0.39, 0.29) is 22.5 Å². The standard InChI is InChI=1S/C13H19ClN2O3/c1-4-15(10(2)9-19-3)12-6-5-11(8-14)7-13(12)16(17)18/h5-7,10H,4,8-9H2,1-3H3. The smallest absolute Gasteiger partial charge is 0.292 e. The molecule has 5 nitrogen and oxygen atoms in total. The van der Waals surface area contributed by atoms with Gasteiger partial charge < -0.3 is 9.64 Å². The van der Waals surface area contributed by atoms with Gasteiger partial charge in [0.25, 0.3) is 5.69 Å². The van der Waals surface area contributed by atoms with Crippen LogP contribution in [0, 0.1) is 10.1 Å². The molecule has 0 aliphatic heterocycles. The van der Waals surface area contributed by atoms with E-state index in [0.717, 1.165) is 5.56 Å². The van der Waals surface area contributed by atoms with Gasteiger partial charge in [-0.15, -0.1) is 11.6 Å². The van der Waals surface area contributed by atoms with Crippen molar-refractivity contribution >= 4 is 23.0 Å². The van der Waals surface area contributed by atoms with E-state index in [1.54, 1.807) is 13.2 Å². The highest BCUT2D eigenvalue weighted by Crippen LogP contribution is 2.31. The molecule has 1 unspecified atom stereocenters. The van der Waals surface area contributed by atoms with Crippen molar-refractivity contribution < 1.29 is 9.66 Å². The fourth-order valence-corrected chi connectivity index (χ4v) is 2.26. The Morgan fingerprint density at radius 2 is 2.21 bits per heavy atom. The Balaban J connectivity index is 3.19. The van der Waals surface area contributed by atoms with Crippen LogP contribution in [0.4, 0.5) is 11.4 Å². The number of anilines is 1. The fourth-order valence-electron chi connectivity index (χ4n) is 2.09. The SMILES string of the molecule is CCN(c1ccc(CCl)cc1[N+](=O)[O-])C(C)COC. The lowest BCUT2D eigenvalue weighted by Crippen LogP contribution is -2.36. The summed E-state index contributed by atoms with van der Waals surface area (Å²) in [5.74, 6) is 0.265. The topological polar surface area (TPSA) is 55.6 Å². The molecule has 19 heavy (non-hydrogen) atoms. The summed E-state index contributed by atoms with van der Waals surface area (Å²) >= 11 is 5.73. The van der Waals surface area contributed by atoms with Crippen molar-refractivity contribution in [2.45, 2.75) is 25.8 Å². The Labute approximate surface area is 118 Å². The fraction of sp³-hybridized carbons (Fsp3) is 0.538. The first-order valence-electron chi connectivity index (χ1n) is 6.14. The van der Waals surface area contributed by atoms with Crippen LogP contribution in [0.1, 0.15) is 19.4 Å². The number of hydrogen-bond donors (Lipinski definition) is 0. The second-order valence-electron chi connectivity index (χ2n) is 4.30. The molecule has 0 amide bonds. The maximum Gasteiger partial charge on any atom is 0.292 e. The Morgan fingerprint density at radius 1 is 1.53 bits per heavy atom. The number of methoxy groups -OCH3 is 1. The molecule has 0 fully saturated rings. The minimum Gasteiger partial charge on any atom is -0.383 e. The quantitative estimate of drug-likeness (QED) is 0.439. The van der Waals surface area contributed by atoms with E-state index in [9.17, 15) is 10.1 Å². The molecule has 0 aliphatic carbocycles. The van der Waals surface area contributed by atoms with Crippen molar-refractivity contribution in [1.29, 1.82) is 0 Å². The second kappa shape index (κ2) is 7.31. The largest absolute Gasteiger partial charge is 0.383 e. The van der Waals surface area contributed by atoms with Crippen LogP contribution in [0.2, 0.25) is 0 Å². The minimum absolute atomic E-state index is 0.0653. The zero-order valence-corrected chi connectivity index (χ0v) is 12.2. The number of nitrogens with zero attached hydrogens (tertiary/aromatic N) is 2. The van der Waals surface area contributed by atoms with Gasteiger partial charge in [-0.2, -0.15) is 0 Å². The highest BCUT2D eigenvalue weighted by atomic mass is 35.5. The maximum atomic E-state index is 11.2. The van der Waals surface area contributed by atoms with E-state index in [1.165, 1.54) is 6.07 Å². The molecule has 106 valence electrons. The Bertz CT molecular complexity index is 440. The molecule has 1 rings (SSSR count). The van der Waals surface area contributed by atoms with E-state index >= 15 is 0 Å². The molecule has 6 heteroatoms. The number of hydrogen-bond acceptors (Lipinski definition) is 4. The summed E-state index contributed by atoms with van der Waals surface area (Å²) in [7, 11) is 1.62. The van der Waals surface area contributed by atoms with E-state index < -0.39 is 0 Å². The number of benzene rings is 1. The number of rotatable bonds is 7. The molecule has 0 saturated heterocycles. The summed E-state index contributed by atoms with van der Waals surface area (Å²) in [6.45, 7) is 5.13. The summed E-state index contributed by atoms with van der Waals surface area (Å²) in [6, 6.07) is 5.17. The molecule has 0 saturated carbocycles. The van der Waals surface area contributed by atoms with Crippen LogP contribution < -0.4 is 4.90 Å². The van der Waals surface area contributed by atoms with Crippen molar-refractivity contribution in [3.05, 3.63) is 33.9 Å². The van der Waals surface area contributed by atoms with Crippen molar-refractivity contribution in [2.75, 3.05) is 25.2 Å². The summed E-state index contributed by atoms with van der Waals surface area (Å²) in [5.41, 5.74) is 1.43. The van der Waals surface area contributed by atoms with E-state index in [0.29, 0.717) is 18.8 Å². The molecule has 1 aromatic rings. The van der Waals surface area contributed by atoms with Crippen LogP contribution in [-0.2, 0) is 10.6 Å². The molecule has 0 spiro atoms. The average Bonchev–Trinajstić information content (AvgIpc) is 2.40. The van der Waals surface area contributed by atoms with Gasteiger partial charge in [-0.1, -0.05) is 6.07 Å². The zero-order valence-electron chi connectivity index (χ0n) is 11.4. The van der Waals surface area contributed by atoms with E-state index in [1.807, 2.05) is 24.8 Å². The number of halogens is 1. The lowest BCUT2D eigenvalue weighted by molar-refractivity contribution is -0.384. The van der Waals surface area contributed by atoms with Crippen molar-refractivity contribution in [2.24, 2.45) is 0 Å². The van der Waals surface area contributed by atoms with E-state index in [2.05, 4.69) is 0 Å². The third kappa shape index (κ3) is 3.81. The van der Waals surface area contributed by atoms with Gasteiger partial charge in [-0.3, -0.25) is 10.1 Å². The Morgan fingerprint density at radius 3 is 2.68 bits per heavy atom. The van der Waals surface area contributed by atoms with Gasteiger partial charge in [0.1, 0.15) is 5.69 Å². The second-order valence-corrected chi connectivity index (χ2v) is 4.57. The predicted molar refractivity (Wildman–Crippen MR) is 77.0 cm³/mol. The van der Waals surface area contributed by atoms with Crippen molar-refractivity contribution in [3.8, 4) is 0 Å². The number of nitro benzene ring substituents is 1. The summed E-state index contributed by atoms with van der Waals surface area (Å²) in [6.07, 6.45) is 0. The molecular weight excluding hydrogens is 268 g/mol. The number of ether oxygens (including phenoxy) is 1. The van der Waals surface area contributed by atoms with Crippen LogP contribution >= 0.6 is 11.6 Å². The van der Waals surface area contributed by atoms with E-state index in [4.69, 9.17) is 16.3 Å². The van der Waals surface area contributed by atoms with Gasteiger partial charge in [-0.05, 0) is 25.5 Å². The van der Waals surface area contributed by atoms with Crippen LogP contribution in [0.3, 0.4) is 0 Å². The van der Waals surface area contributed by atoms with Gasteiger partial charge in [-0.25, -0.2) is 0 Å². The molecule has 0 aliphatic rings. The highest BCUT2D eigenvalue weighted by molar-refractivity contribution is 6.17. The minimum atomic E-state index is -0.367. The Kier molecular flexibility index (Phi) is 6.05. The van der Waals surface area contributed by atoms with Crippen LogP contribution in [0.5, 0.6) is 0 Å². The third-order valence-electron chi connectivity index (χ3n) is 2.98. The third-order valence-corrected chi connectivity index (χ3v) is 3.29. The monoisotopic (exact) mass is 286 g/mol.